The predicted octanol–water partition coefficient (Wildman–Crippen LogP) is 3.72. The first kappa shape index (κ1) is 17.7. The lowest BCUT2D eigenvalue weighted by Crippen LogP contribution is -2.21. The van der Waals surface area contributed by atoms with Crippen LogP contribution in [0.2, 0.25) is 0 Å². The molecule has 0 saturated heterocycles. The van der Waals surface area contributed by atoms with E-state index in [1.165, 1.54) is 12.1 Å². The molecular formula is C20H20O6. The third-order valence-electron chi connectivity index (χ3n) is 4.34. The molecule has 4 N–H and O–H groups in total. The number of phenolic OH excluding ortho intramolecular Hbond substituents is 4. The van der Waals surface area contributed by atoms with E-state index in [2.05, 4.69) is 0 Å². The molecule has 0 radical (unpaired) electrons. The second-order valence-electron chi connectivity index (χ2n) is 6.57. The number of ether oxygens (including phenoxy) is 1. The van der Waals surface area contributed by atoms with Crippen molar-refractivity contribution in [2.75, 3.05) is 0 Å². The Morgan fingerprint density at radius 1 is 1.08 bits per heavy atom. The smallest absolute Gasteiger partial charge is 0.174 e. The number of Topliss-reactive ketones (excluding diaryl/α,β-unsaturated/α-hetero) is 1. The Labute approximate surface area is 150 Å². The molecule has 26 heavy (non-hydrogen) atoms. The predicted molar refractivity (Wildman–Crippen MR) is 95.0 cm³/mol. The maximum absolute atomic E-state index is 12.6. The molecule has 0 aliphatic carbocycles. The van der Waals surface area contributed by atoms with Crippen LogP contribution in [0.25, 0.3) is 0 Å². The molecule has 0 spiro atoms. The van der Waals surface area contributed by atoms with Crippen molar-refractivity contribution in [3.8, 4) is 28.7 Å². The number of rotatable bonds is 3. The van der Waals surface area contributed by atoms with Gasteiger partial charge in [0.25, 0.3) is 0 Å². The topological polar surface area (TPSA) is 107 Å². The maximum atomic E-state index is 12.6. The lowest BCUT2D eigenvalue weighted by molar-refractivity contribution is 0.0842. The summed E-state index contributed by atoms with van der Waals surface area (Å²) in [6.45, 7) is 3.83. The van der Waals surface area contributed by atoms with E-state index in [1.807, 2.05) is 19.9 Å². The highest BCUT2D eigenvalue weighted by atomic mass is 16.5. The first-order valence-corrected chi connectivity index (χ1v) is 8.20. The van der Waals surface area contributed by atoms with Gasteiger partial charge in [0.05, 0.1) is 6.42 Å². The van der Waals surface area contributed by atoms with Gasteiger partial charge in [0, 0.05) is 11.6 Å². The molecule has 1 aliphatic rings. The summed E-state index contributed by atoms with van der Waals surface area (Å²) in [4.78, 5) is 12.6. The molecule has 3 rings (SSSR count). The zero-order valence-corrected chi connectivity index (χ0v) is 14.5. The molecule has 1 atom stereocenters. The fourth-order valence-electron chi connectivity index (χ4n) is 2.96. The SMILES string of the molecule is CC(C)=CCc1c(O)cc(O)c2c1OC(c1ccc(O)c(O)c1)CC2=O. The number of ketones is 1. The highest BCUT2D eigenvalue weighted by Crippen LogP contribution is 2.46. The Morgan fingerprint density at radius 3 is 2.46 bits per heavy atom. The van der Waals surface area contributed by atoms with E-state index in [9.17, 15) is 25.2 Å². The highest BCUT2D eigenvalue weighted by molar-refractivity contribution is 6.03. The van der Waals surface area contributed by atoms with E-state index < -0.39 is 6.10 Å². The summed E-state index contributed by atoms with van der Waals surface area (Å²) in [5.74, 6) is -1.23. The minimum Gasteiger partial charge on any atom is -0.507 e. The normalized spacial score (nSPS) is 15.9. The highest BCUT2D eigenvalue weighted by Gasteiger charge is 2.33. The fourth-order valence-corrected chi connectivity index (χ4v) is 2.96. The number of carbonyl (C=O) groups excluding carboxylic acids is 1. The Hall–Kier alpha value is -3.15. The Bertz CT molecular complexity index is 909. The first-order valence-electron chi connectivity index (χ1n) is 8.20. The monoisotopic (exact) mass is 356 g/mol. The maximum Gasteiger partial charge on any atom is 0.174 e. The van der Waals surface area contributed by atoms with E-state index in [-0.39, 0.29) is 46.5 Å². The Morgan fingerprint density at radius 2 is 1.81 bits per heavy atom. The van der Waals surface area contributed by atoms with Crippen molar-refractivity contribution in [1.82, 2.24) is 0 Å². The number of phenols is 4. The molecule has 0 aromatic heterocycles. The second kappa shape index (κ2) is 6.63. The van der Waals surface area contributed by atoms with Crippen LogP contribution in [0.15, 0.2) is 35.9 Å². The van der Waals surface area contributed by atoms with Gasteiger partial charge in [-0.15, -0.1) is 0 Å². The van der Waals surface area contributed by atoms with Gasteiger partial charge < -0.3 is 25.2 Å². The molecule has 2 aromatic carbocycles. The van der Waals surface area contributed by atoms with Gasteiger partial charge in [-0.3, -0.25) is 4.79 Å². The van der Waals surface area contributed by atoms with Gasteiger partial charge in [0.15, 0.2) is 17.3 Å². The van der Waals surface area contributed by atoms with E-state index in [4.69, 9.17) is 4.74 Å². The van der Waals surface area contributed by atoms with Crippen molar-refractivity contribution >= 4 is 5.78 Å². The number of fused-ring (bicyclic) bond motifs is 1. The van der Waals surface area contributed by atoms with Gasteiger partial charge in [-0.25, -0.2) is 0 Å². The molecule has 0 amide bonds. The molecule has 0 fully saturated rings. The van der Waals surface area contributed by atoms with Crippen LogP contribution in [0.5, 0.6) is 28.7 Å². The minimum absolute atomic E-state index is 0.0301. The average Bonchev–Trinajstić information content (AvgIpc) is 2.56. The lowest BCUT2D eigenvalue weighted by Gasteiger charge is -2.28. The Kier molecular flexibility index (Phi) is 4.50. The molecular weight excluding hydrogens is 336 g/mol. The second-order valence-corrected chi connectivity index (χ2v) is 6.57. The van der Waals surface area contributed by atoms with Crippen LogP contribution in [-0.2, 0) is 6.42 Å². The van der Waals surface area contributed by atoms with Crippen molar-refractivity contribution < 1.29 is 30.0 Å². The molecule has 1 aliphatic heterocycles. The van der Waals surface area contributed by atoms with Crippen LogP contribution in [0, 0.1) is 0 Å². The van der Waals surface area contributed by atoms with Gasteiger partial charge in [0.2, 0.25) is 0 Å². The molecule has 0 bridgehead atoms. The molecule has 136 valence electrons. The van der Waals surface area contributed by atoms with Crippen LogP contribution in [0.3, 0.4) is 0 Å². The quantitative estimate of drug-likeness (QED) is 0.493. The molecule has 1 heterocycles. The van der Waals surface area contributed by atoms with Crippen molar-refractivity contribution in [2.24, 2.45) is 0 Å². The van der Waals surface area contributed by atoms with Crippen LogP contribution < -0.4 is 4.74 Å². The third-order valence-corrected chi connectivity index (χ3v) is 4.34. The number of carbonyl (C=O) groups is 1. The van der Waals surface area contributed by atoms with Crippen LogP contribution >= 0.6 is 0 Å². The van der Waals surface area contributed by atoms with Crippen LogP contribution in [0.4, 0.5) is 0 Å². The van der Waals surface area contributed by atoms with Crippen LogP contribution in [0.1, 0.15) is 47.9 Å². The standard InChI is InChI=1S/C20H20O6/c1-10(2)3-5-12-14(22)8-16(24)19-17(25)9-18(26-20(12)19)11-4-6-13(21)15(23)7-11/h3-4,6-8,18,21-24H,5,9H2,1-2H3. The van der Waals surface area contributed by atoms with Crippen molar-refractivity contribution in [3.63, 3.8) is 0 Å². The van der Waals surface area contributed by atoms with E-state index >= 15 is 0 Å². The number of allylic oxidation sites excluding steroid dienone is 2. The van der Waals surface area contributed by atoms with Gasteiger partial charge in [-0.05, 0) is 38.0 Å². The van der Waals surface area contributed by atoms with Gasteiger partial charge >= 0.3 is 0 Å². The summed E-state index contributed by atoms with van der Waals surface area (Å²) in [7, 11) is 0. The molecule has 0 saturated carbocycles. The summed E-state index contributed by atoms with van der Waals surface area (Å²) >= 11 is 0. The van der Waals surface area contributed by atoms with Gasteiger partial charge in [-0.1, -0.05) is 17.7 Å². The van der Waals surface area contributed by atoms with Crippen molar-refractivity contribution in [1.29, 1.82) is 0 Å². The molecule has 6 heteroatoms. The summed E-state index contributed by atoms with van der Waals surface area (Å²) in [6.07, 6.45) is 1.50. The molecule has 1 unspecified atom stereocenters. The van der Waals surface area contributed by atoms with Crippen molar-refractivity contribution in [3.05, 3.63) is 52.6 Å². The number of aromatic hydroxyl groups is 4. The van der Waals surface area contributed by atoms with Gasteiger partial charge in [0.1, 0.15) is 28.9 Å². The zero-order chi connectivity index (χ0) is 19.0. The number of benzene rings is 2. The fraction of sp³-hybridized carbons (Fsp3) is 0.250. The summed E-state index contributed by atoms with van der Waals surface area (Å²) in [6, 6.07) is 5.35. The third kappa shape index (κ3) is 3.18. The number of hydrogen-bond acceptors (Lipinski definition) is 6. The lowest BCUT2D eigenvalue weighted by atomic mass is 9.92. The van der Waals surface area contributed by atoms with E-state index in [0.717, 1.165) is 11.6 Å². The van der Waals surface area contributed by atoms with Crippen LogP contribution in [-0.4, -0.2) is 26.2 Å². The Balaban J connectivity index is 2.08. The van der Waals surface area contributed by atoms with Gasteiger partial charge in [-0.2, -0.15) is 0 Å². The average molecular weight is 356 g/mol. The zero-order valence-electron chi connectivity index (χ0n) is 14.5. The summed E-state index contributed by atoms with van der Waals surface area (Å²) in [5.41, 5.74) is 2.02. The minimum atomic E-state index is -0.701. The molecule has 2 aromatic rings. The summed E-state index contributed by atoms with van der Waals surface area (Å²) < 4.78 is 5.95. The molecule has 6 nitrogen and oxygen atoms in total. The number of hydrogen-bond donors (Lipinski definition) is 4. The first-order chi connectivity index (χ1) is 12.3. The largest absolute Gasteiger partial charge is 0.507 e. The van der Waals surface area contributed by atoms with E-state index in [0.29, 0.717) is 17.5 Å². The van der Waals surface area contributed by atoms with Crippen molar-refractivity contribution in [2.45, 2.75) is 32.8 Å². The van der Waals surface area contributed by atoms with E-state index in [1.54, 1.807) is 6.07 Å². The summed E-state index contributed by atoms with van der Waals surface area (Å²) in [5, 5.41) is 39.5.